The topological polar surface area (TPSA) is 63.0 Å². The number of esters is 1. The van der Waals surface area contributed by atoms with E-state index in [1.54, 1.807) is 13.0 Å². The first-order valence-corrected chi connectivity index (χ1v) is 5.99. The zero-order valence-electron chi connectivity index (χ0n) is 10.1. The highest BCUT2D eigenvalue weighted by Crippen LogP contribution is 2.26. The number of carbonyl (C=O) groups is 1. The van der Waals surface area contributed by atoms with Gasteiger partial charge in [-0.15, -0.1) is 11.6 Å². The molecule has 0 aromatic carbocycles. The Labute approximate surface area is 114 Å². The molecule has 19 heavy (non-hydrogen) atoms. The van der Waals surface area contributed by atoms with Gasteiger partial charge in [-0.3, -0.25) is 9.78 Å². The van der Waals surface area contributed by atoms with Crippen LogP contribution in [0.5, 0.6) is 0 Å². The molecule has 1 rings (SSSR count). The van der Waals surface area contributed by atoms with Gasteiger partial charge in [0.2, 0.25) is 0 Å². The highest BCUT2D eigenvalue weighted by Gasteiger charge is 2.20. The number of carbonyl (C=O) groups excluding carboxylic acids is 1. The van der Waals surface area contributed by atoms with Crippen LogP contribution in [0.2, 0.25) is 0 Å². The first-order valence-electron chi connectivity index (χ1n) is 5.46. The van der Waals surface area contributed by atoms with Gasteiger partial charge in [0.1, 0.15) is 6.07 Å². The van der Waals surface area contributed by atoms with Crippen LogP contribution >= 0.6 is 11.6 Å². The molecule has 1 heterocycles. The van der Waals surface area contributed by atoms with E-state index in [1.165, 1.54) is 0 Å². The summed E-state index contributed by atoms with van der Waals surface area (Å²) >= 11 is 5.58. The zero-order valence-corrected chi connectivity index (χ0v) is 10.9. The molecular weight excluding hydrogens is 278 g/mol. The SMILES string of the molecule is CCOC(=O)Cc1cc(C(F)F)c(C#N)c(CCl)n1. The molecule has 0 aliphatic carbocycles. The minimum atomic E-state index is -2.83. The van der Waals surface area contributed by atoms with Gasteiger partial charge < -0.3 is 4.74 Å². The Morgan fingerprint density at radius 1 is 1.63 bits per heavy atom. The molecule has 0 saturated carbocycles. The normalized spacial score (nSPS) is 10.3. The molecule has 0 spiro atoms. The monoisotopic (exact) mass is 288 g/mol. The van der Waals surface area contributed by atoms with Crippen LogP contribution in [0.15, 0.2) is 6.07 Å². The third kappa shape index (κ3) is 3.86. The lowest BCUT2D eigenvalue weighted by molar-refractivity contribution is -0.142. The van der Waals surface area contributed by atoms with Crippen molar-refractivity contribution in [2.45, 2.75) is 25.7 Å². The summed E-state index contributed by atoms with van der Waals surface area (Å²) in [6.07, 6.45) is -3.07. The number of ether oxygens (including phenoxy) is 1. The van der Waals surface area contributed by atoms with E-state index in [1.807, 2.05) is 0 Å². The second kappa shape index (κ2) is 7.00. The summed E-state index contributed by atoms with van der Waals surface area (Å²) in [6.45, 7) is 1.83. The molecule has 0 unspecified atom stereocenters. The first kappa shape index (κ1) is 15.3. The van der Waals surface area contributed by atoms with Gasteiger partial charge in [-0.25, -0.2) is 8.78 Å². The molecule has 4 nitrogen and oxygen atoms in total. The smallest absolute Gasteiger partial charge is 0.311 e. The number of rotatable bonds is 5. The van der Waals surface area contributed by atoms with Crippen molar-refractivity contribution in [1.82, 2.24) is 4.98 Å². The molecule has 1 aromatic rings. The van der Waals surface area contributed by atoms with Crippen molar-refractivity contribution in [2.24, 2.45) is 0 Å². The summed E-state index contributed by atoms with van der Waals surface area (Å²) in [5.74, 6) is -0.750. The second-order valence-electron chi connectivity index (χ2n) is 3.55. The van der Waals surface area contributed by atoms with Gasteiger partial charge in [0.05, 0.1) is 35.9 Å². The van der Waals surface area contributed by atoms with Crippen LogP contribution < -0.4 is 0 Å². The highest BCUT2D eigenvalue weighted by atomic mass is 35.5. The quantitative estimate of drug-likeness (QED) is 0.617. The maximum absolute atomic E-state index is 12.9. The summed E-state index contributed by atoms with van der Waals surface area (Å²) in [7, 11) is 0. The van der Waals surface area contributed by atoms with E-state index >= 15 is 0 Å². The molecule has 0 bridgehead atoms. The van der Waals surface area contributed by atoms with Gasteiger partial charge in [0.25, 0.3) is 6.43 Å². The molecule has 0 saturated heterocycles. The zero-order chi connectivity index (χ0) is 14.4. The number of halogens is 3. The van der Waals surface area contributed by atoms with Crippen molar-refractivity contribution in [3.05, 3.63) is 28.6 Å². The van der Waals surface area contributed by atoms with E-state index in [-0.39, 0.29) is 35.9 Å². The number of hydrogen-bond acceptors (Lipinski definition) is 4. The van der Waals surface area contributed by atoms with Gasteiger partial charge in [-0.05, 0) is 13.0 Å². The molecular formula is C12H11ClF2N2O2. The van der Waals surface area contributed by atoms with Gasteiger partial charge in [-0.1, -0.05) is 0 Å². The Bertz CT molecular complexity index is 515. The Balaban J connectivity index is 3.18. The van der Waals surface area contributed by atoms with E-state index in [2.05, 4.69) is 4.98 Å². The lowest BCUT2D eigenvalue weighted by atomic mass is 10.1. The van der Waals surface area contributed by atoms with Crippen LogP contribution in [0.4, 0.5) is 8.78 Å². The first-order chi connectivity index (χ1) is 9.03. The molecule has 7 heteroatoms. The average molecular weight is 289 g/mol. The second-order valence-corrected chi connectivity index (χ2v) is 3.82. The molecule has 0 radical (unpaired) electrons. The summed E-state index contributed by atoms with van der Waals surface area (Å²) in [6, 6.07) is 2.70. The maximum atomic E-state index is 12.9. The number of hydrogen-bond donors (Lipinski definition) is 0. The predicted molar refractivity (Wildman–Crippen MR) is 63.8 cm³/mol. The van der Waals surface area contributed by atoms with Gasteiger partial charge in [0, 0.05) is 5.56 Å². The number of nitriles is 1. The van der Waals surface area contributed by atoms with Crippen molar-refractivity contribution in [3.63, 3.8) is 0 Å². The molecule has 0 fully saturated rings. The van der Waals surface area contributed by atoms with Crippen LogP contribution in [0.1, 0.15) is 35.9 Å². The van der Waals surface area contributed by atoms with Crippen molar-refractivity contribution in [1.29, 1.82) is 5.26 Å². The van der Waals surface area contributed by atoms with Gasteiger partial charge in [0.15, 0.2) is 0 Å². The molecule has 102 valence electrons. The van der Waals surface area contributed by atoms with Crippen LogP contribution in [-0.4, -0.2) is 17.6 Å². The standard InChI is InChI=1S/C12H11ClF2N2O2/c1-2-19-11(18)4-7-3-8(12(14)15)9(6-16)10(5-13)17-7/h3,12H,2,4-5H2,1H3. The Morgan fingerprint density at radius 3 is 2.79 bits per heavy atom. The minimum Gasteiger partial charge on any atom is -0.466 e. The molecule has 0 N–H and O–H groups in total. The Kier molecular flexibility index (Phi) is 5.64. The third-order valence-electron chi connectivity index (χ3n) is 2.28. The van der Waals surface area contributed by atoms with Crippen LogP contribution in [0.3, 0.4) is 0 Å². The van der Waals surface area contributed by atoms with Crippen molar-refractivity contribution < 1.29 is 18.3 Å². The van der Waals surface area contributed by atoms with Crippen LogP contribution in [0, 0.1) is 11.3 Å². The fourth-order valence-electron chi connectivity index (χ4n) is 1.53. The predicted octanol–water partition coefficient (Wildman–Crippen LogP) is 2.74. The van der Waals surface area contributed by atoms with Gasteiger partial charge in [-0.2, -0.15) is 5.26 Å². The third-order valence-corrected chi connectivity index (χ3v) is 2.54. The summed E-state index contributed by atoms with van der Waals surface area (Å²) in [5, 5.41) is 8.86. The fourth-order valence-corrected chi connectivity index (χ4v) is 1.72. The van der Waals surface area contributed by atoms with E-state index in [9.17, 15) is 13.6 Å². The number of aromatic nitrogens is 1. The van der Waals surface area contributed by atoms with Gasteiger partial charge >= 0.3 is 5.97 Å². The lowest BCUT2D eigenvalue weighted by Crippen LogP contribution is -2.11. The van der Waals surface area contributed by atoms with E-state index in [4.69, 9.17) is 21.6 Å². The molecule has 0 amide bonds. The summed E-state index contributed by atoms with van der Waals surface area (Å²) in [4.78, 5) is 15.2. The summed E-state index contributed by atoms with van der Waals surface area (Å²) in [5.41, 5.74) is -0.547. The number of pyridine rings is 1. The van der Waals surface area contributed by atoms with Crippen molar-refractivity contribution in [3.8, 4) is 6.07 Å². The summed E-state index contributed by atoms with van der Waals surface area (Å²) < 4.78 is 30.4. The van der Waals surface area contributed by atoms with Crippen molar-refractivity contribution >= 4 is 17.6 Å². The number of alkyl halides is 3. The number of nitrogens with zero attached hydrogens (tertiary/aromatic N) is 2. The lowest BCUT2D eigenvalue weighted by Gasteiger charge is -2.09. The maximum Gasteiger partial charge on any atom is 0.311 e. The average Bonchev–Trinajstić information content (AvgIpc) is 2.37. The molecule has 1 aromatic heterocycles. The largest absolute Gasteiger partial charge is 0.466 e. The molecule has 0 aliphatic heterocycles. The van der Waals surface area contributed by atoms with Crippen molar-refractivity contribution in [2.75, 3.05) is 6.61 Å². The Hall–Kier alpha value is -1.74. The minimum absolute atomic E-state index is 0.0428. The molecule has 0 aliphatic rings. The molecule has 0 atom stereocenters. The van der Waals surface area contributed by atoms with E-state index in [0.717, 1.165) is 6.07 Å². The van der Waals surface area contributed by atoms with E-state index in [0.29, 0.717) is 0 Å². The van der Waals surface area contributed by atoms with E-state index < -0.39 is 18.0 Å². The highest BCUT2D eigenvalue weighted by molar-refractivity contribution is 6.17. The van der Waals surface area contributed by atoms with Crippen LogP contribution in [-0.2, 0) is 21.8 Å². The van der Waals surface area contributed by atoms with Crippen LogP contribution in [0.25, 0.3) is 0 Å². The fraction of sp³-hybridized carbons (Fsp3) is 0.417. The Morgan fingerprint density at radius 2 is 2.32 bits per heavy atom.